The van der Waals surface area contributed by atoms with Crippen LogP contribution in [-0.4, -0.2) is 5.11 Å². The standard InChI is InChI=1S/C15H24O/c1-5-11(2)10-12(3)13(4)14-6-8-15(16)9-7-14/h6-9,11-13,16H,5,10H2,1-4H3. The number of hydrogen-bond donors (Lipinski definition) is 1. The maximum absolute atomic E-state index is 9.26. The van der Waals surface area contributed by atoms with E-state index >= 15 is 0 Å². The Bertz CT molecular complexity index is 302. The Kier molecular flexibility index (Phi) is 4.85. The van der Waals surface area contributed by atoms with Crippen LogP contribution in [0.1, 0.15) is 52.0 Å². The molecule has 0 radical (unpaired) electrons. The molecule has 0 aromatic heterocycles. The minimum absolute atomic E-state index is 0.352. The van der Waals surface area contributed by atoms with Gasteiger partial charge in [0.2, 0.25) is 0 Å². The van der Waals surface area contributed by atoms with E-state index in [4.69, 9.17) is 0 Å². The molecule has 0 saturated heterocycles. The summed E-state index contributed by atoms with van der Waals surface area (Å²) in [7, 11) is 0. The summed E-state index contributed by atoms with van der Waals surface area (Å²) in [6, 6.07) is 7.63. The van der Waals surface area contributed by atoms with Crippen LogP contribution in [0.2, 0.25) is 0 Å². The zero-order valence-corrected chi connectivity index (χ0v) is 10.9. The summed E-state index contributed by atoms with van der Waals surface area (Å²) in [5.74, 6) is 2.41. The Morgan fingerprint density at radius 2 is 1.62 bits per heavy atom. The average molecular weight is 220 g/mol. The second-order valence-corrected chi connectivity index (χ2v) is 5.11. The first-order chi connectivity index (χ1) is 7.54. The summed E-state index contributed by atoms with van der Waals surface area (Å²) in [6.45, 7) is 9.17. The van der Waals surface area contributed by atoms with Crippen LogP contribution in [-0.2, 0) is 0 Å². The normalized spacial score (nSPS) is 16.8. The van der Waals surface area contributed by atoms with E-state index in [1.807, 2.05) is 12.1 Å². The molecule has 3 unspecified atom stereocenters. The van der Waals surface area contributed by atoms with E-state index in [0.717, 1.165) is 5.92 Å². The molecule has 1 aromatic rings. The number of benzene rings is 1. The van der Waals surface area contributed by atoms with Gasteiger partial charge >= 0.3 is 0 Å². The highest BCUT2D eigenvalue weighted by atomic mass is 16.3. The lowest BCUT2D eigenvalue weighted by molar-refractivity contribution is 0.364. The molecule has 0 heterocycles. The summed E-state index contributed by atoms with van der Waals surface area (Å²) in [4.78, 5) is 0. The molecule has 0 aliphatic carbocycles. The van der Waals surface area contributed by atoms with Crippen molar-refractivity contribution in [2.45, 2.75) is 46.5 Å². The fourth-order valence-corrected chi connectivity index (χ4v) is 2.11. The van der Waals surface area contributed by atoms with E-state index in [1.165, 1.54) is 18.4 Å². The molecule has 1 N–H and O–H groups in total. The predicted octanol–water partition coefficient (Wildman–Crippen LogP) is 4.57. The van der Waals surface area contributed by atoms with Gasteiger partial charge in [-0.25, -0.2) is 0 Å². The Labute approximate surface area is 99.5 Å². The van der Waals surface area contributed by atoms with Crippen LogP contribution >= 0.6 is 0 Å². The lowest BCUT2D eigenvalue weighted by Crippen LogP contribution is -2.10. The lowest BCUT2D eigenvalue weighted by Gasteiger charge is -2.23. The molecule has 3 atom stereocenters. The van der Waals surface area contributed by atoms with Crippen LogP contribution in [0.25, 0.3) is 0 Å². The van der Waals surface area contributed by atoms with E-state index < -0.39 is 0 Å². The van der Waals surface area contributed by atoms with Crippen LogP contribution < -0.4 is 0 Å². The maximum atomic E-state index is 9.26. The van der Waals surface area contributed by atoms with Crippen LogP contribution in [0.3, 0.4) is 0 Å². The van der Waals surface area contributed by atoms with Gasteiger partial charge in [-0.2, -0.15) is 0 Å². The Morgan fingerprint density at radius 1 is 1.06 bits per heavy atom. The minimum Gasteiger partial charge on any atom is -0.508 e. The van der Waals surface area contributed by atoms with Crippen LogP contribution in [0.4, 0.5) is 0 Å². The van der Waals surface area contributed by atoms with E-state index in [2.05, 4.69) is 27.7 Å². The molecule has 0 amide bonds. The van der Waals surface area contributed by atoms with Crippen molar-refractivity contribution in [2.24, 2.45) is 11.8 Å². The summed E-state index contributed by atoms with van der Waals surface area (Å²) in [5, 5.41) is 9.26. The van der Waals surface area contributed by atoms with Gasteiger partial charge in [-0.3, -0.25) is 0 Å². The number of aromatic hydroxyl groups is 1. The van der Waals surface area contributed by atoms with E-state index in [0.29, 0.717) is 17.6 Å². The third kappa shape index (κ3) is 3.55. The molecular weight excluding hydrogens is 196 g/mol. The smallest absolute Gasteiger partial charge is 0.115 e. The Hall–Kier alpha value is -0.980. The Morgan fingerprint density at radius 3 is 2.12 bits per heavy atom. The molecular formula is C15H24O. The summed E-state index contributed by atoms with van der Waals surface area (Å²) in [5.41, 5.74) is 1.33. The third-order valence-corrected chi connectivity index (χ3v) is 3.74. The largest absolute Gasteiger partial charge is 0.508 e. The lowest BCUT2D eigenvalue weighted by atomic mass is 9.83. The van der Waals surface area contributed by atoms with Crippen molar-refractivity contribution in [2.75, 3.05) is 0 Å². The minimum atomic E-state index is 0.352. The van der Waals surface area contributed by atoms with Crippen molar-refractivity contribution < 1.29 is 5.11 Å². The SMILES string of the molecule is CCC(C)CC(C)C(C)c1ccc(O)cc1. The molecule has 1 rings (SSSR count). The molecule has 16 heavy (non-hydrogen) atoms. The number of phenols is 1. The first-order valence-corrected chi connectivity index (χ1v) is 6.33. The third-order valence-electron chi connectivity index (χ3n) is 3.74. The van der Waals surface area contributed by atoms with E-state index in [-0.39, 0.29) is 0 Å². The molecule has 1 aromatic carbocycles. The highest BCUT2D eigenvalue weighted by Gasteiger charge is 2.16. The molecule has 0 fully saturated rings. The van der Waals surface area contributed by atoms with Gasteiger partial charge in [0.15, 0.2) is 0 Å². The van der Waals surface area contributed by atoms with Crippen LogP contribution in [0.15, 0.2) is 24.3 Å². The summed E-state index contributed by atoms with van der Waals surface area (Å²) < 4.78 is 0. The average Bonchev–Trinajstić information content (AvgIpc) is 2.28. The van der Waals surface area contributed by atoms with Gasteiger partial charge in [0.1, 0.15) is 5.75 Å². The molecule has 0 aliphatic heterocycles. The highest BCUT2D eigenvalue weighted by molar-refractivity contribution is 5.28. The van der Waals surface area contributed by atoms with Crippen LogP contribution in [0, 0.1) is 11.8 Å². The van der Waals surface area contributed by atoms with Crippen molar-refractivity contribution in [1.29, 1.82) is 0 Å². The highest BCUT2D eigenvalue weighted by Crippen LogP contribution is 2.30. The van der Waals surface area contributed by atoms with Crippen molar-refractivity contribution in [3.05, 3.63) is 29.8 Å². The monoisotopic (exact) mass is 220 g/mol. The maximum Gasteiger partial charge on any atom is 0.115 e. The molecule has 1 nitrogen and oxygen atoms in total. The quantitative estimate of drug-likeness (QED) is 0.770. The van der Waals surface area contributed by atoms with E-state index in [1.54, 1.807) is 12.1 Å². The first kappa shape index (κ1) is 13.1. The number of rotatable bonds is 5. The number of hydrogen-bond acceptors (Lipinski definition) is 1. The van der Waals surface area contributed by atoms with Gasteiger partial charge < -0.3 is 5.11 Å². The molecule has 90 valence electrons. The molecule has 1 heteroatoms. The first-order valence-electron chi connectivity index (χ1n) is 6.33. The zero-order chi connectivity index (χ0) is 12.1. The number of phenolic OH excluding ortho intramolecular Hbond substituents is 1. The van der Waals surface area contributed by atoms with Gasteiger partial charge in [0.05, 0.1) is 0 Å². The second-order valence-electron chi connectivity index (χ2n) is 5.11. The zero-order valence-electron chi connectivity index (χ0n) is 10.9. The Balaban J connectivity index is 2.62. The second kappa shape index (κ2) is 5.93. The molecule has 0 aliphatic rings. The van der Waals surface area contributed by atoms with Gasteiger partial charge in [0, 0.05) is 0 Å². The summed E-state index contributed by atoms with van der Waals surface area (Å²) in [6.07, 6.45) is 2.53. The summed E-state index contributed by atoms with van der Waals surface area (Å²) >= 11 is 0. The fourth-order valence-electron chi connectivity index (χ4n) is 2.11. The van der Waals surface area contributed by atoms with Gasteiger partial charge in [-0.05, 0) is 41.9 Å². The van der Waals surface area contributed by atoms with Gasteiger partial charge in [-0.1, -0.05) is 46.2 Å². The predicted molar refractivity (Wildman–Crippen MR) is 69.8 cm³/mol. The van der Waals surface area contributed by atoms with Gasteiger partial charge in [-0.15, -0.1) is 0 Å². The van der Waals surface area contributed by atoms with Gasteiger partial charge in [0.25, 0.3) is 0 Å². The van der Waals surface area contributed by atoms with Crippen molar-refractivity contribution >= 4 is 0 Å². The van der Waals surface area contributed by atoms with E-state index in [9.17, 15) is 5.11 Å². The van der Waals surface area contributed by atoms with Crippen molar-refractivity contribution in [3.8, 4) is 5.75 Å². The van der Waals surface area contributed by atoms with Crippen LogP contribution in [0.5, 0.6) is 5.75 Å². The van der Waals surface area contributed by atoms with Crippen molar-refractivity contribution in [1.82, 2.24) is 0 Å². The molecule has 0 saturated carbocycles. The fraction of sp³-hybridized carbons (Fsp3) is 0.600. The van der Waals surface area contributed by atoms with Crippen molar-refractivity contribution in [3.63, 3.8) is 0 Å². The molecule has 0 bridgehead atoms. The molecule has 0 spiro atoms. The topological polar surface area (TPSA) is 20.2 Å².